The Labute approximate surface area is 183 Å². The van der Waals surface area contributed by atoms with Crippen molar-refractivity contribution < 1.29 is 13.6 Å². The maximum atomic E-state index is 14.0. The van der Waals surface area contributed by atoms with E-state index in [-0.39, 0.29) is 17.9 Å². The number of nitrogens with zero attached hydrogens (tertiary/aromatic N) is 2. The van der Waals surface area contributed by atoms with E-state index in [1.54, 1.807) is 18.3 Å². The molecule has 1 amide bonds. The number of rotatable bonds is 7. The normalized spacial score (nSPS) is 19.4. The highest BCUT2D eigenvalue weighted by molar-refractivity contribution is 5.76. The van der Waals surface area contributed by atoms with Crippen molar-refractivity contribution >= 4 is 5.91 Å². The average Bonchev–Trinajstić information content (AvgIpc) is 3.29. The van der Waals surface area contributed by atoms with E-state index in [1.165, 1.54) is 12.8 Å². The van der Waals surface area contributed by atoms with E-state index in [0.717, 1.165) is 50.5 Å². The zero-order valence-corrected chi connectivity index (χ0v) is 17.9. The molecule has 1 aromatic carbocycles. The fourth-order valence-corrected chi connectivity index (χ4v) is 5.06. The summed E-state index contributed by atoms with van der Waals surface area (Å²) in [6.45, 7) is 1.96. The van der Waals surface area contributed by atoms with Gasteiger partial charge in [-0.1, -0.05) is 31.0 Å². The number of benzene rings is 1. The molecule has 1 aromatic heterocycles. The van der Waals surface area contributed by atoms with Crippen LogP contribution in [0.5, 0.6) is 0 Å². The number of amides is 1. The van der Waals surface area contributed by atoms with Gasteiger partial charge in [0, 0.05) is 24.7 Å². The molecule has 0 bridgehead atoms. The topological polar surface area (TPSA) is 45.2 Å². The van der Waals surface area contributed by atoms with Gasteiger partial charge in [-0.15, -0.1) is 0 Å². The van der Waals surface area contributed by atoms with Crippen molar-refractivity contribution in [3.05, 3.63) is 65.5 Å². The summed E-state index contributed by atoms with van der Waals surface area (Å²) in [6, 6.07) is 10.1. The van der Waals surface area contributed by atoms with E-state index in [2.05, 4.69) is 15.2 Å². The maximum Gasteiger partial charge on any atom is 0.220 e. The van der Waals surface area contributed by atoms with Gasteiger partial charge < -0.3 is 5.32 Å². The predicted octanol–water partition coefficient (Wildman–Crippen LogP) is 5.01. The molecule has 1 saturated carbocycles. The van der Waals surface area contributed by atoms with Crippen molar-refractivity contribution in [2.75, 3.05) is 13.1 Å². The lowest BCUT2D eigenvalue weighted by atomic mass is 9.86. The monoisotopic (exact) mass is 427 g/mol. The van der Waals surface area contributed by atoms with Crippen molar-refractivity contribution in [2.45, 2.75) is 57.5 Å². The van der Waals surface area contributed by atoms with Crippen LogP contribution in [0.15, 0.2) is 42.6 Å². The summed E-state index contributed by atoms with van der Waals surface area (Å²) in [7, 11) is 0. The Kier molecular flexibility index (Phi) is 7.28. The molecule has 1 N–H and O–H groups in total. The molecular formula is C25H31F2N3O. The number of halogens is 2. The smallest absolute Gasteiger partial charge is 0.220 e. The maximum absolute atomic E-state index is 14.0. The number of nitrogens with one attached hydrogen (secondary N) is 1. The van der Waals surface area contributed by atoms with Crippen LogP contribution in [0.4, 0.5) is 8.78 Å². The van der Waals surface area contributed by atoms with Crippen LogP contribution >= 0.6 is 0 Å². The second-order valence-electron chi connectivity index (χ2n) is 8.98. The Balaban J connectivity index is 1.38. The van der Waals surface area contributed by atoms with Gasteiger partial charge >= 0.3 is 0 Å². The minimum atomic E-state index is -0.799. The fourth-order valence-electron chi connectivity index (χ4n) is 5.06. The number of hydrogen-bond acceptors (Lipinski definition) is 3. The molecule has 2 fully saturated rings. The van der Waals surface area contributed by atoms with Gasteiger partial charge in [-0.05, 0) is 68.8 Å². The van der Waals surface area contributed by atoms with Gasteiger partial charge in [0.1, 0.15) is 0 Å². The standard InChI is InChI=1S/C25H31F2N3O/c26-21-9-5-8-20(24(21)27)17-30-14-11-19(12-15-30)25(22-10-3-4-13-28-22)29-23(31)16-18-6-1-2-7-18/h3-5,8-10,13,18-19,25H,1-2,6-7,11-12,14-17H2,(H,29,31)/t25-/m0/s1. The number of hydrogen-bond donors (Lipinski definition) is 1. The molecule has 1 aliphatic heterocycles. The zero-order chi connectivity index (χ0) is 21.6. The Morgan fingerprint density at radius 1 is 1.06 bits per heavy atom. The Bertz CT molecular complexity index is 862. The lowest BCUT2D eigenvalue weighted by Crippen LogP contribution is -2.41. The van der Waals surface area contributed by atoms with Crippen LogP contribution in [0.1, 0.15) is 62.2 Å². The van der Waals surface area contributed by atoms with Crippen LogP contribution < -0.4 is 5.32 Å². The molecule has 0 spiro atoms. The molecular weight excluding hydrogens is 396 g/mol. The number of aromatic nitrogens is 1. The van der Waals surface area contributed by atoms with Crippen molar-refractivity contribution in [3.8, 4) is 0 Å². The lowest BCUT2D eigenvalue weighted by Gasteiger charge is -2.36. The predicted molar refractivity (Wildman–Crippen MR) is 116 cm³/mol. The summed E-state index contributed by atoms with van der Waals surface area (Å²) in [5.74, 6) is -0.655. The Hall–Kier alpha value is -2.34. The van der Waals surface area contributed by atoms with E-state index in [9.17, 15) is 13.6 Å². The van der Waals surface area contributed by atoms with Crippen molar-refractivity contribution in [1.82, 2.24) is 15.2 Å². The first kappa shape index (κ1) is 21.9. The second kappa shape index (κ2) is 10.3. The van der Waals surface area contributed by atoms with Gasteiger partial charge in [0.25, 0.3) is 0 Å². The van der Waals surface area contributed by atoms with E-state index in [1.807, 2.05) is 18.2 Å². The molecule has 2 aliphatic rings. The largest absolute Gasteiger partial charge is 0.347 e. The third kappa shape index (κ3) is 5.67. The third-order valence-corrected chi connectivity index (χ3v) is 6.80. The highest BCUT2D eigenvalue weighted by Crippen LogP contribution is 2.32. The van der Waals surface area contributed by atoms with Crippen LogP contribution in [-0.2, 0) is 11.3 Å². The molecule has 4 rings (SSSR count). The molecule has 0 unspecified atom stereocenters. The van der Waals surface area contributed by atoms with Gasteiger partial charge in [-0.2, -0.15) is 0 Å². The molecule has 1 aliphatic carbocycles. The van der Waals surface area contributed by atoms with Gasteiger partial charge in [0.05, 0.1) is 11.7 Å². The summed E-state index contributed by atoms with van der Waals surface area (Å²) in [5.41, 5.74) is 1.29. The Morgan fingerprint density at radius 3 is 2.55 bits per heavy atom. The van der Waals surface area contributed by atoms with E-state index in [0.29, 0.717) is 24.4 Å². The van der Waals surface area contributed by atoms with Crippen LogP contribution in [0.3, 0.4) is 0 Å². The minimum absolute atomic E-state index is 0.108. The van der Waals surface area contributed by atoms with E-state index in [4.69, 9.17) is 0 Å². The first-order valence-electron chi connectivity index (χ1n) is 11.5. The summed E-state index contributed by atoms with van der Waals surface area (Å²) in [4.78, 5) is 19.5. The molecule has 2 heterocycles. The number of piperidine rings is 1. The van der Waals surface area contributed by atoms with E-state index < -0.39 is 11.6 Å². The quantitative estimate of drug-likeness (QED) is 0.676. The van der Waals surface area contributed by atoms with Crippen molar-refractivity contribution in [2.24, 2.45) is 11.8 Å². The molecule has 2 aromatic rings. The number of carbonyl (C=O) groups is 1. The average molecular weight is 428 g/mol. The summed E-state index contributed by atoms with van der Waals surface area (Å²) in [6.07, 6.45) is 8.88. The molecule has 1 saturated heterocycles. The molecule has 4 nitrogen and oxygen atoms in total. The number of pyridine rings is 1. The second-order valence-corrected chi connectivity index (χ2v) is 8.98. The molecule has 0 radical (unpaired) electrons. The summed E-state index contributed by atoms with van der Waals surface area (Å²) in [5, 5.41) is 3.28. The van der Waals surface area contributed by atoms with Gasteiger partial charge in [-0.25, -0.2) is 8.78 Å². The summed E-state index contributed by atoms with van der Waals surface area (Å²) < 4.78 is 27.6. The highest BCUT2D eigenvalue weighted by atomic mass is 19.2. The van der Waals surface area contributed by atoms with Gasteiger partial charge in [-0.3, -0.25) is 14.7 Å². The fraction of sp³-hybridized carbons (Fsp3) is 0.520. The van der Waals surface area contributed by atoms with Crippen LogP contribution in [0.25, 0.3) is 0 Å². The third-order valence-electron chi connectivity index (χ3n) is 6.80. The number of likely N-dealkylation sites (tertiary alicyclic amines) is 1. The highest BCUT2D eigenvalue weighted by Gasteiger charge is 2.31. The molecule has 31 heavy (non-hydrogen) atoms. The summed E-state index contributed by atoms with van der Waals surface area (Å²) >= 11 is 0. The van der Waals surface area contributed by atoms with Gasteiger partial charge in [0.15, 0.2) is 11.6 Å². The minimum Gasteiger partial charge on any atom is -0.347 e. The molecule has 1 atom stereocenters. The first-order valence-corrected chi connectivity index (χ1v) is 11.5. The van der Waals surface area contributed by atoms with Crippen molar-refractivity contribution in [3.63, 3.8) is 0 Å². The van der Waals surface area contributed by atoms with Crippen LogP contribution in [0, 0.1) is 23.5 Å². The van der Waals surface area contributed by atoms with Gasteiger partial charge in [0.2, 0.25) is 5.91 Å². The van der Waals surface area contributed by atoms with E-state index >= 15 is 0 Å². The van der Waals surface area contributed by atoms with Crippen LogP contribution in [0.2, 0.25) is 0 Å². The molecule has 166 valence electrons. The van der Waals surface area contributed by atoms with Crippen molar-refractivity contribution in [1.29, 1.82) is 0 Å². The SMILES string of the molecule is O=C(CC1CCCC1)N[C@H](c1ccccn1)C1CCN(Cc2cccc(F)c2F)CC1. The lowest BCUT2D eigenvalue weighted by molar-refractivity contribution is -0.123. The van der Waals surface area contributed by atoms with Crippen LogP contribution in [-0.4, -0.2) is 28.9 Å². The number of carbonyl (C=O) groups excluding carboxylic acids is 1. The Morgan fingerprint density at radius 2 is 1.84 bits per heavy atom. The zero-order valence-electron chi connectivity index (χ0n) is 17.9. The first-order chi connectivity index (χ1) is 15.1. The molecule has 6 heteroatoms.